The van der Waals surface area contributed by atoms with Crippen LogP contribution in [0.4, 0.5) is 0 Å². The predicted molar refractivity (Wildman–Crippen MR) is 144 cm³/mol. The van der Waals surface area contributed by atoms with E-state index in [-0.39, 0.29) is 11.4 Å². The van der Waals surface area contributed by atoms with E-state index in [1.807, 2.05) is 0 Å². The van der Waals surface area contributed by atoms with Gasteiger partial charge in [-0.15, -0.1) is 0 Å². The Bertz CT molecular complexity index is 1010. The highest BCUT2D eigenvalue weighted by atomic mass is 16.5. The summed E-state index contributed by atoms with van der Waals surface area (Å²) >= 11 is 0. The molecule has 0 aromatic carbocycles. The molecule has 202 valence electrons. The van der Waals surface area contributed by atoms with Crippen LogP contribution in [0.1, 0.15) is 97.3 Å². The smallest absolute Gasteiger partial charge is 0.333 e. The molecule has 6 saturated carbocycles. The van der Waals surface area contributed by atoms with Crippen LogP contribution in [0.25, 0.3) is 0 Å². The van der Waals surface area contributed by atoms with Gasteiger partial charge in [-0.3, -0.25) is 4.79 Å². The Morgan fingerprint density at radius 2 is 1.70 bits per heavy atom. The van der Waals surface area contributed by atoms with Crippen LogP contribution in [0.2, 0.25) is 0 Å². The zero-order valence-electron chi connectivity index (χ0n) is 23.3. The van der Waals surface area contributed by atoms with E-state index in [1.54, 1.807) is 0 Å². The summed E-state index contributed by atoms with van der Waals surface area (Å²) in [6.07, 6.45) is 20.4. The third-order valence-corrected chi connectivity index (χ3v) is 13.4. The quantitative estimate of drug-likeness (QED) is 0.438. The first-order chi connectivity index (χ1) is 17.8. The molecule has 6 fully saturated rings. The van der Waals surface area contributed by atoms with E-state index in [0.29, 0.717) is 29.2 Å². The van der Waals surface area contributed by atoms with Crippen LogP contribution < -0.4 is 5.32 Å². The van der Waals surface area contributed by atoms with E-state index in [9.17, 15) is 9.59 Å². The molecule has 0 aromatic rings. The molecule has 1 amide bonds. The van der Waals surface area contributed by atoms with Crippen molar-refractivity contribution in [3.63, 3.8) is 0 Å². The lowest BCUT2D eigenvalue weighted by atomic mass is 9.47. The van der Waals surface area contributed by atoms with E-state index < -0.39 is 0 Å². The number of ether oxygens (including phenoxy) is 1. The average Bonchev–Trinajstić information content (AvgIpc) is 3.20. The number of allylic oxidation sites excluding steroid dienone is 3. The largest absolute Gasteiger partial charge is 0.466 e. The van der Waals surface area contributed by atoms with Gasteiger partial charge in [-0.05, 0) is 147 Å². The van der Waals surface area contributed by atoms with Gasteiger partial charge in [0.05, 0.1) is 7.11 Å². The summed E-state index contributed by atoms with van der Waals surface area (Å²) in [6.45, 7) is 5.01. The maximum absolute atomic E-state index is 13.5. The molecule has 8 rings (SSSR count). The maximum atomic E-state index is 13.5. The van der Waals surface area contributed by atoms with Gasteiger partial charge in [0.1, 0.15) is 0 Å². The zero-order chi connectivity index (χ0) is 25.5. The molecule has 0 aliphatic heterocycles. The summed E-state index contributed by atoms with van der Waals surface area (Å²) in [7, 11) is 1.49. The molecule has 0 spiro atoms. The Hall–Kier alpha value is -1.58. The van der Waals surface area contributed by atoms with Crippen LogP contribution in [-0.2, 0) is 14.3 Å². The lowest BCUT2D eigenvalue weighted by molar-refractivity contribution is -0.136. The molecule has 8 aliphatic carbocycles. The minimum absolute atomic E-state index is 0.160. The predicted octanol–water partition coefficient (Wildman–Crippen LogP) is 6.61. The number of carbonyl (C=O) groups excluding carboxylic acids is 2. The second-order valence-corrected chi connectivity index (χ2v) is 14.9. The minimum atomic E-state index is -0.160. The Balaban J connectivity index is 1.04. The molecule has 6 atom stereocenters. The Morgan fingerprint density at radius 1 is 0.973 bits per heavy atom. The molecular formula is C33H47NO3. The number of amides is 1. The van der Waals surface area contributed by atoms with Gasteiger partial charge in [0, 0.05) is 18.0 Å². The number of fused-ring (bicyclic) bond motifs is 5. The number of esters is 1. The van der Waals surface area contributed by atoms with Crippen LogP contribution in [-0.4, -0.2) is 25.0 Å². The molecule has 1 N–H and O–H groups in total. The third-order valence-electron chi connectivity index (χ3n) is 13.4. The van der Waals surface area contributed by atoms with Gasteiger partial charge in [-0.1, -0.05) is 19.9 Å². The topological polar surface area (TPSA) is 55.4 Å². The van der Waals surface area contributed by atoms with Gasteiger partial charge in [-0.25, -0.2) is 4.79 Å². The van der Waals surface area contributed by atoms with Crippen LogP contribution >= 0.6 is 0 Å². The van der Waals surface area contributed by atoms with Crippen LogP contribution in [0.3, 0.4) is 0 Å². The summed E-state index contributed by atoms with van der Waals surface area (Å²) in [5.41, 5.74) is 2.70. The molecule has 8 aliphatic rings. The van der Waals surface area contributed by atoms with E-state index in [1.165, 1.54) is 70.5 Å². The fraction of sp³-hybridized carbons (Fsp3) is 0.818. The van der Waals surface area contributed by atoms with Crippen molar-refractivity contribution in [3.05, 3.63) is 23.3 Å². The van der Waals surface area contributed by atoms with Crippen molar-refractivity contribution in [2.24, 2.45) is 58.2 Å². The normalized spacial score (nSPS) is 49.3. The second-order valence-electron chi connectivity index (χ2n) is 14.9. The summed E-state index contributed by atoms with van der Waals surface area (Å²) in [5, 5.41) is 3.63. The van der Waals surface area contributed by atoms with E-state index >= 15 is 0 Å². The van der Waals surface area contributed by atoms with E-state index in [0.717, 1.165) is 66.8 Å². The molecule has 4 heteroatoms. The summed E-state index contributed by atoms with van der Waals surface area (Å²) in [4.78, 5) is 25.7. The molecular weight excluding hydrogens is 458 g/mol. The lowest BCUT2D eigenvalue weighted by Crippen LogP contribution is -2.56. The molecule has 0 unspecified atom stereocenters. The van der Waals surface area contributed by atoms with Crippen LogP contribution in [0, 0.1) is 58.2 Å². The minimum Gasteiger partial charge on any atom is -0.466 e. The number of carbonyl (C=O) groups is 2. The van der Waals surface area contributed by atoms with Crippen molar-refractivity contribution >= 4 is 11.9 Å². The Kier molecular flexibility index (Phi) is 5.76. The molecule has 4 nitrogen and oxygen atoms in total. The molecule has 4 bridgehead atoms. The first-order valence-electron chi connectivity index (χ1n) is 15.6. The average molecular weight is 506 g/mol. The van der Waals surface area contributed by atoms with Gasteiger partial charge in [0.2, 0.25) is 5.91 Å². The van der Waals surface area contributed by atoms with Crippen molar-refractivity contribution in [1.82, 2.24) is 5.32 Å². The highest BCUT2D eigenvalue weighted by molar-refractivity contribution is 5.89. The van der Waals surface area contributed by atoms with Crippen molar-refractivity contribution in [1.29, 1.82) is 0 Å². The summed E-state index contributed by atoms with van der Waals surface area (Å²) < 4.78 is 5.03. The lowest BCUT2D eigenvalue weighted by Gasteiger charge is -2.57. The standard InChI is InChI=1S/C33H47NO3/c1-32-10-8-21(31(36)37-3)17-24(32)4-6-26-27-7-5-25(33(27,2)11-9-28(26)32)18-29(35)34-30-22-13-19-12-20(15-22)16-23(30)14-19/h4,17,19-20,22-23,25-28,30H,5-16,18H2,1-3H3,(H,34,35)/t19?,20?,22?,23?,25-,26+,27+,28+,30?,32+,33-/m1/s1. The second kappa shape index (κ2) is 8.71. The number of rotatable bonds is 4. The fourth-order valence-electron chi connectivity index (χ4n) is 11.7. The number of hydrogen-bond acceptors (Lipinski definition) is 3. The molecule has 0 aromatic heterocycles. The highest BCUT2D eigenvalue weighted by Gasteiger charge is 2.58. The van der Waals surface area contributed by atoms with Gasteiger partial charge < -0.3 is 10.1 Å². The summed E-state index contributed by atoms with van der Waals surface area (Å²) in [6, 6.07) is 0.470. The van der Waals surface area contributed by atoms with Crippen LogP contribution in [0.5, 0.6) is 0 Å². The Morgan fingerprint density at radius 3 is 2.41 bits per heavy atom. The number of methoxy groups -OCH3 is 1. The van der Waals surface area contributed by atoms with Crippen molar-refractivity contribution in [2.45, 2.75) is 103 Å². The Labute approximate surface area is 223 Å². The van der Waals surface area contributed by atoms with Crippen molar-refractivity contribution in [2.75, 3.05) is 7.11 Å². The van der Waals surface area contributed by atoms with E-state index in [4.69, 9.17) is 4.74 Å². The van der Waals surface area contributed by atoms with Gasteiger partial charge >= 0.3 is 5.97 Å². The van der Waals surface area contributed by atoms with Crippen molar-refractivity contribution in [3.8, 4) is 0 Å². The number of nitrogens with one attached hydrogen (secondary N) is 1. The zero-order valence-corrected chi connectivity index (χ0v) is 23.3. The van der Waals surface area contributed by atoms with Gasteiger partial charge in [0.15, 0.2) is 0 Å². The van der Waals surface area contributed by atoms with E-state index in [2.05, 4.69) is 31.3 Å². The van der Waals surface area contributed by atoms with Gasteiger partial charge in [0.25, 0.3) is 0 Å². The SMILES string of the molecule is COC(=O)C1=CC2=CC[C@H]3[C@@H]4CC[C@H](CC(=O)NC5C6CC7CC(C6)CC5C7)[C@@]4(C)CC[C@@H]3[C@@]2(C)CC1. The molecule has 0 heterocycles. The molecule has 0 saturated heterocycles. The summed E-state index contributed by atoms with van der Waals surface area (Å²) in [5.74, 6) is 6.31. The van der Waals surface area contributed by atoms with Gasteiger partial charge in [-0.2, -0.15) is 0 Å². The van der Waals surface area contributed by atoms with Crippen LogP contribution in [0.15, 0.2) is 23.3 Å². The molecule has 0 radical (unpaired) electrons. The monoisotopic (exact) mass is 505 g/mol. The number of hydrogen-bond donors (Lipinski definition) is 1. The molecule has 37 heavy (non-hydrogen) atoms. The third kappa shape index (κ3) is 3.73. The first-order valence-corrected chi connectivity index (χ1v) is 15.6. The van der Waals surface area contributed by atoms with Crippen molar-refractivity contribution < 1.29 is 14.3 Å². The fourth-order valence-corrected chi connectivity index (χ4v) is 11.7. The highest BCUT2D eigenvalue weighted by Crippen LogP contribution is 2.66. The maximum Gasteiger partial charge on any atom is 0.333 e. The first kappa shape index (κ1) is 24.5.